The molecule has 1 saturated carbocycles. The summed E-state index contributed by atoms with van der Waals surface area (Å²) in [4.78, 5) is 0. The molecular weight excluding hydrogens is 373 g/mol. The molecule has 5 unspecified atom stereocenters. The van der Waals surface area contributed by atoms with Crippen molar-refractivity contribution in [3.8, 4) is 0 Å². The Morgan fingerprint density at radius 1 is 1.32 bits per heavy atom. The van der Waals surface area contributed by atoms with E-state index in [2.05, 4.69) is 5.10 Å². The second-order valence-corrected chi connectivity index (χ2v) is 7.53. The van der Waals surface area contributed by atoms with Crippen LogP contribution in [0.25, 0.3) is 0 Å². The second-order valence-electron chi connectivity index (χ2n) is 6.57. The van der Waals surface area contributed by atoms with Crippen molar-refractivity contribution < 1.29 is 36.2 Å². The standard InChI is InChI=1S/C14H17F6N2O2P/c1-24-8-4-6(2-3-12(8,15)16)22-7-5-13(17,25)11(23)9(7)10(21-22)14(18,19)20/h6,8,11,23H,2-5,25H2,1H3. The molecule has 0 radical (unpaired) electrons. The van der Waals surface area contributed by atoms with Gasteiger partial charge in [-0.3, -0.25) is 4.68 Å². The molecule has 1 heterocycles. The summed E-state index contributed by atoms with van der Waals surface area (Å²) in [5.41, 5.74) is -2.10. The summed E-state index contributed by atoms with van der Waals surface area (Å²) in [7, 11) is 2.82. The third-order valence-electron chi connectivity index (χ3n) is 4.88. The van der Waals surface area contributed by atoms with Gasteiger partial charge in [-0.05, 0) is 6.42 Å². The molecule has 0 spiro atoms. The molecule has 1 aromatic rings. The third-order valence-corrected chi connectivity index (χ3v) is 5.40. The molecule has 3 rings (SSSR count). The van der Waals surface area contributed by atoms with Crippen molar-refractivity contribution in [2.45, 2.75) is 61.4 Å². The quantitative estimate of drug-likeness (QED) is 0.622. The van der Waals surface area contributed by atoms with E-state index < -0.39 is 59.9 Å². The van der Waals surface area contributed by atoms with Gasteiger partial charge in [0.1, 0.15) is 12.2 Å². The lowest BCUT2D eigenvalue weighted by Crippen LogP contribution is -2.42. The van der Waals surface area contributed by atoms with Crippen LogP contribution in [-0.4, -0.2) is 39.4 Å². The zero-order chi connectivity index (χ0) is 18.8. The number of nitrogens with zero attached hydrogens (tertiary/aromatic N) is 2. The van der Waals surface area contributed by atoms with Gasteiger partial charge in [0.05, 0.1) is 6.04 Å². The van der Waals surface area contributed by atoms with E-state index in [1.807, 2.05) is 0 Å². The van der Waals surface area contributed by atoms with E-state index >= 15 is 0 Å². The van der Waals surface area contributed by atoms with Crippen LogP contribution in [0.5, 0.6) is 0 Å². The maximum absolute atomic E-state index is 14.4. The fourth-order valence-electron chi connectivity index (χ4n) is 3.60. The fourth-order valence-corrected chi connectivity index (χ4v) is 3.96. The van der Waals surface area contributed by atoms with Crippen molar-refractivity contribution in [3.63, 3.8) is 0 Å². The Labute approximate surface area is 141 Å². The first kappa shape index (κ1) is 18.9. The summed E-state index contributed by atoms with van der Waals surface area (Å²) < 4.78 is 87.4. The van der Waals surface area contributed by atoms with Crippen molar-refractivity contribution in [1.82, 2.24) is 9.78 Å². The van der Waals surface area contributed by atoms with Crippen LogP contribution in [0.2, 0.25) is 0 Å². The number of fused-ring (bicyclic) bond motifs is 1. The molecule has 25 heavy (non-hydrogen) atoms. The van der Waals surface area contributed by atoms with E-state index in [4.69, 9.17) is 4.74 Å². The van der Waals surface area contributed by atoms with Crippen LogP contribution in [0, 0.1) is 0 Å². The molecule has 0 aliphatic heterocycles. The maximum Gasteiger partial charge on any atom is 0.435 e. The lowest BCUT2D eigenvalue weighted by molar-refractivity contribution is -0.155. The predicted octanol–water partition coefficient (Wildman–Crippen LogP) is 3.41. The summed E-state index contributed by atoms with van der Waals surface area (Å²) in [5.74, 6) is -3.08. The van der Waals surface area contributed by atoms with E-state index in [1.165, 1.54) is 0 Å². The van der Waals surface area contributed by atoms with E-state index in [0.29, 0.717) is 0 Å². The minimum absolute atomic E-state index is 0.109. The Morgan fingerprint density at radius 3 is 2.52 bits per heavy atom. The Bertz CT molecular complexity index is 675. The largest absolute Gasteiger partial charge is 0.435 e. The van der Waals surface area contributed by atoms with Crippen LogP contribution in [0.4, 0.5) is 26.3 Å². The zero-order valence-electron chi connectivity index (χ0n) is 13.2. The van der Waals surface area contributed by atoms with Gasteiger partial charge in [0.2, 0.25) is 0 Å². The lowest BCUT2D eigenvalue weighted by Gasteiger charge is -2.35. The highest BCUT2D eigenvalue weighted by Crippen LogP contribution is 2.52. The van der Waals surface area contributed by atoms with Crippen LogP contribution >= 0.6 is 9.24 Å². The highest BCUT2D eigenvalue weighted by atomic mass is 31.0. The SMILES string of the molecule is COC1CC(n2nc(C(F)(F)F)c3c2CC(F)(P)C3O)CCC1(F)F. The first-order chi connectivity index (χ1) is 11.4. The van der Waals surface area contributed by atoms with Gasteiger partial charge in [-0.25, -0.2) is 13.2 Å². The van der Waals surface area contributed by atoms with Gasteiger partial charge in [-0.15, -0.1) is 0 Å². The highest BCUT2D eigenvalue weighted by molar-refractivity contribution is 7.18. The highest BCUT2D eigenvalue weighted by Gasteiger charge is 2.53. The van der Waals surface area contributed by atoms with E-state index in [-0.39, 0.29) is 18.5 Å². The molecule has 11 heteroatoms. The number of ether oxygens (including phenoxy) is 1. The summed E-state index contributed by atoms with van der Waals surface area (Å²) in [6, 6.07) is -0.791. The summed E-state index contributed by atoms with van der Waals surface area (Å²) in [6.07, 6.45) is -9.79. The zero-order valence-corrected chi connectivity index (χ0v) is 14.3. The second kappa shape index (κ2) is 5.82. The van der Waals surface area contributed by atoms with Gasteiger partial charge in [-0.1, -0.05) is 9.24 Å². The summed E-state index contributed by atoms with van der Waals surface area (Å²) in [6.45, 7) is 0. The van der Waals surface area contributed by atoms with Crippen molar-refractivity contribution in [2.75, 3.05) is 7.11 Å². The molecule has 5 atom stereocenters. The van der Waals surface area contributed by atoms with E-state index in [9.17, 15) is 31.4 Å². The number of methoxy groups -OCH3 is 1. The molecular formula is C14H17F6N2O2P. The number of hydrogen-bond acceptors (Lipinski definition) is 3. The van der Waals surface area contributed by atoms with Gasteiger partial charge in [0.15, 0.2) is 11.1 Å². The molecule has 1 fully saturated rings. The first-order valence-corrected chi connectivity index (χ1v) is 8.21. The van der Waals surface area contributed by atoms with Crippen molar-refractivity contribution in [1.29, 1.82) is 0 Å². The molecule has 4 nitrogen and oxygen atoms in total. The topological polar surface area (TPSA) is 47.3 Å². The van der Waals surface area contributed by atoms with Crippen molar-refractivity contribution in [2.24, 2.45) is 0 Å². The molecule has 0 saturated heterocycles. The summed E-state index contributed by atoms with van der Waals surface area (Å²) >= 11 is 0. The molecule has 2 aliphatic rings. The number of rotatable bonds is 2. The molecule has 0 aromatic carbocycles. The Hall–Kier alpha value is -0.860. The predicted molar refractivity (Wildman–Crippen MR) is 78.1 cm³/mol. The van der Waals surface area contributed by atoms with Gasteiger partial charge in [0, 0.05) is 37.6 Å². The number of alkyl halides is 6. The van der Waals surface area contributed by atoms with E-state index in [0.717, 1.165) is 11.8 Å². The molecule has 142 valence electrons. The average molecular weight is 390 g/mol. The third kappa shape index (κ3) is 3.06. The fraction of sp³-hybridized carbons (Fsp3) is 0.786. The van der Waals surface area contributed by atoms with Crippen LogP contribution in [0.3, 0.4) is 0 Å². The van der Waals surface area contributed by atoms with Gasteiger partial charge < -0.3 is 9.84 Å². The Balaban J connectivity index is 2.03. The van der Waals surface area contributed by atoms with Crippen molar-refractivity contribution >= 4 is 9.24 Å². The van der Waals surface area contributed by atoms with Gasteiger partial charge >= 0.3 is 6.18 Å². The minimum Gasteiger partial charge on any atom is -0.385 e. The van der Waals surface area contributed by atoms with Crippen molar-refractivity contribution in [3.05, 3.63) is 17.0 Å². The monoisotopic (exact) mass is 390 g/mol. The number of aliphatic hydroxyl groups excluding tert-OH is 1. The van der Waals surface area contributed by atoms with Crippen LogP contribution < -0.4 is 0 Å². The van der Waals surface area contributed by atoms with Gasteiger partial charge in [0.25, 0.3) is 5.92 Å². The number of halogens is 6. The van der Waals surface area contributed by atoms with E-state index in [1.54, 1.807) is 9.24 Å². The molecule has 1 N–H and O–H groups in total. The Morgan fingerprint density at radius 2 is 1.96 bits per heavy atom. The normalized spacial score (nSPS) is 35.0. The first-order valence-electron chi connectivity index (χ1n) is 7.63. The van der Waals surface area contributed by atoms with Crippen LogP contribution in [-0.2, 0) is 17.3 Å². The lowest BCUT2D eigenvalue weighted by atomic mass is 9.89. The molecule has 2 aliphatic carbocycles. The maximum atomic E-state index is 14.4. The van der Waals surface area contributed by atoms with Crippen LogP contribution in [0.1, 0.15) is 48.4 Å². The Kier molecular flexibility index (Phi) is 4.41. The minimum atomic E-state index is -4.89. The van der Waals surface area contributed by atoms with Crippen LogP contribution in [0.15, 0.2) is 0 Å². The average Bonchev–Trinajstić information content (AvgIpc) is 2.94. The van der Waals surface area contributed by atoms with Gasteiger partial charge in [-0.2, -0.15) is 18.3 Å². The smallest absolute Gasteiger partial charge is 0.385 e. The molecule has 0 bridgehead atoms. The number of aromatic nitrogens is 2. The summed E-state index contributed by atoms with van der Waals surface area (Å²) in [5, 5.41) is 11.1. The number of hydrogen-bond donors (Lipinski definition) is 1. The molecule has 1 aromatic heterocycles. The molecule has 0 amide bonds. The number of aliphatic hydroxyl groups is 1.